The largest absolute Gasteiger partial charge is 0.494 e. The molecule has 40 heavy (non-hydrogen) atoms. The molecule has 5 rings (SSSR count). The van der Waals surface area contributed by atoms with E-state index in [1.165, 1.54) is 36.4 Å². The number of esters is 1. The minimum atomic E-state index is -0.615. The molecular formula is C32H23NO7. The highest BCUT2D eigenvalue weighted by Crippen LogP contribution is 2.36. The van der Waals surface area contributed by atoms with E-state index in [0.717, 1.165) is 5.56 Å². The summed E-state index contributed by atoms with van der Waals surface area (Å²) in [6.07, 6.45) is 2.84. The van der Waals surface area contributed by atoms with Gasteiger partial charge >= 0.3 is 5.97 Å². The summed E-state index contributed by atoms with van der Waals surface area (Å²) in [5.41, 5.74) is 2.34. The van der Waals surface area contributed by atoms with E-state index in [9.17, 15) is 19.7 Å². The van der Waals surface area contributed by atoms with Crippen LogP contribution in [0, 0.1) is 10.1 Å². The number of nitrogens with zero attached hydrogens (tertiary/aromatic N) is 1. The van der Waals surface area contributed by atoms with Crippen LogP contribution in [0.15, 0.2) is 108 Å². The van der Waals surface area contributed by atoms with E-state index >= 15 is 0 Å². The molecule has 8 heteroatoms. The van der Waals surface area contributed by atoms with Crippen molar-refractivity contribution in [3.8, 4) is 22.8 Å². The van der Waals surface area contributed by atoms with E-state index in [1.807, 2.05) is 37.3 Å². The second-order valence-electron chi connectivity index (χ2n) is 8.73. The number of nitro groups is 1. The Balaban J connectivity index is 1.38. The Labute approximate surface area is 229 Å². The zero-order valence-electron chi connectivity index (χ0n) is 21.4. The Morgan fingerprint density at radius 3 is 2.38 bits per heavy atom. The van der Waals surface area contributed by atoms with Crippen molar-refractivity contribution in [2.75, 3.05) is 6.61 Å². The molecule has 1 heterocycles. The number of fused-ring (bicyclic) bond motifs is 1. The van der Waals surface area contributed by atoms with E-state index in [0.29, 0.717) is 40.2 Å². The van der Waals surface area contributed by atoms with E-state index in [1.54, 1.807) is 42.5 Å². The minimum Gasteiger partial charge on any atom is -0.494 e. The van der Waals surface area contributed by atoms with Gasteiger partial charge in [-0.3, -0.25) is 14.9 Å². The first-order valence-electron chi connectivity index (χ1n) is 12.5. The first-order chi connectivity index (χ1) is 19.4. The Morgan fingerprint density at radius 1 is 0.900 bits per heavy atom. The summed E-state index contributed by atoms with van der Waals surface area (Å²) in [7, 11) is 0. The lowest BCUT2D eigenvalue weighted by atomic mass is 10.1. The molecule has 0 amide bonds. The van der Waals surface area contributed by atoms with Crippen LogP contribution < -0.4 is 9.47 Å². The number of hydrogen-bond acceptors (Lipinski definition) is 7. The summed E-state index contributed by atoms with van der Waals surface area (Å²) in [5, 5.41) is 11.5. The Bertz CT molecular complexity index is 1730. The van der Waals surface area contributed by atoms with Crippen molar-refractivity contribution in [2.24, 2.45) is 0 Å². The van der Waals surface area contributed by atoms with Crippen molar-refractivity contribution in [3.05, 3.63) is 130 Å². The van der Waals surface area contributed by atoms with Crippen LogP contribution in [0.5, 0.6) is 11.5 Å². The zero-order valence-corrected chi connectivity index (χ0v) is 21.4. The lowest BCUT2D eigenvalue weighted by molar-refractivity contribution is -0.384. The van der Waals surface area contributed by atoms with Crippen LogP contribution in [0.4, 0.5) is 5.69 Å². The number of ether oxygens (including phenoxy) is 2. The van der Waals surface area contributed by atoms with Gasteiger partial charge in [0.1, 0.15) is 28.4 Å². The number of furan rings is 1. The zero-order chi connectivity index (χ0) is 28.1. The average molecular weight is 534 g/mol. The number of rotatable bonds is 9. The third-order valence-corrected chi connectivity index (χ3v) is 6.07. The molecule has 0 bridgehead atoms. The standard InChI is InChI=1S/C32H23NO7/c1-2-38-26-16-18-29-27(20-26)30(31(40-29)23-8-4-3-5-9-23)32(35)39-25-14-12-22(13-15-25)28(34)17-11-21-7-6-10-24(19-21)33(36)37/h3-20H,2H2,1H3/b17-11+. The number of carbonyl (C=O) groups excluding carboxylic acids is 2. The fourth-order valence-corrected chi connectivity index (χ4v) is 4.18. The van der Waals surface area contributed by atoms with Crippen LogP contribution in [-0.2, 0) is 0 Å². The van der Waals surface area contributed by atoms with Gasteiger partial charge in [0, 0.05) is 28.6 Å². The van der Waals surface area contributed by atoms with Gasteiger partial charge in [0.2, 0.25) is 0 Å². The van der Waals surface area contributed by atoms with Crippen LogP contribution in [-0.4, -0.2) is 23.3 Å². The van der Waals surface area contributed by atoms with Gasteiger partial charge in [-0.2, -0.15) is 0 Å². The lowest BCUT2D eigenvalue weighted by Gasteiger charge is -2.07. The molecule has 8 nitrogen and oxygen atoms in total. The monoisotopic (exact) mass is 533 g/mol. The fraction of sp³-hybridized carbons (Fsp3) is 0.0625. The minimum absolute atomic E-state index is 0.0595. The maximum absolute atomic E-state index is 13.5. The van der Waals surface area contributed by atoms with Gasteiger partial charge < -0.3 is 13.9 Å². The third kappa shape index (κ3) is 5.66. The summed E-state index contributed by atoms with van der Waals surface area (Å²) in [6, 6.07) is 26.7. The van der Waals surface area contributed by atoms with Crippen LogP contribution in [0.3, 0.4) is 0 Å². The van der Waals surface area contributed by atoms with E-state index in [2.05, 4.69) is 0 Å². The van der Waals surface area contributed by atoms with E-state index in [-0.39, 0.29) is 22.8 Å². The summed E-state index contributed by atoms with van der Waals surface area (Å²) >= 11 is 0. The molecule has 5 aromatic rings. The number of non-ortho nitro benzene ring substituents is 1. The van der Waals surface area contributed by atoms with Crippen molar-refractivity contribution in [1.29, 1.82) is 0 Å². The second kappa shape index (κ2) is 11.5. The number of nitro benzene ring substituents is 1. The molecule has 0 aliphatic heterocycles. The van der Waals surface area contributed by atoms with Gasteiger partial charge in [-0.25, -0.2) is 4.79 Å². The van der Waals surface area contributed by atoms with Crippen LogP contribution in [0.1, 0.15) is 33.2 Å². The molecule has 0 aliphatic carbocycles. The number of carbonyl (C=O) groups is 2. The predicted octanol–water partition coefficient (Wildman–Crippen LogP) is 7.52. The molecule has 1 aromatic heterocycles. The summed E-state index contributed by atoms with van der Waals surface area (Å²) in [5.74, 6) is 0.312. The highest BCUT2D eigenvalue weighted by molar-refractivity contribution is 6.10. The van der Waals surface area contributed by atoms with Gasteiger partial charge in [-0.05, 0) is 61.0 Å². The van der Waals surface area contributed by atoms with Crippen molar-refractivity contribution < 1.29 is 28.4 Å². The van der Waals surface area contributed by atoms with Crippen LogP contribution >= 0.6 is 0 Å². The maximum atomic E-state index is 13.5. The Morgan fingerprint density at radius 2 is 1.65 bits per heavy atom. The molecule has 198 valence electrons. The molecule has 0 spiro atoms. The smallest absolute Gasteiger partial charge is 0.348 e. The topological polar surface area (TPSA) is 109 Å². The SMILES string of the molecule is CCOc1ccc2oc(-c3ccccc3)c(C(=O)Oc3ccc(C(=O)/C=C/c4cccc([N+](=O)[O-])c4)cc3)c2c1. The van der Waals surface area contributed by atoms with E-state index < -0.39 is 10.9 Å². The molecule has 4 aromatic carbocycles. The van der Waals surface area contributed by atoms with Gasteiger partial charge in [-0.15, -0.1) is 0 Å². The Kier molecular flexibility index (Phi) is 7.50. The third-order valence-electron chi connectivity index (χ3n) is 6.07. The summed E-state index contributed by atoms with van der Waals surface area (Å²) in [4.78, 5) is 36.6. The number of allylic oxidation sites excluding steroid dienone is 1. The van der Waals surface area contributed by atoms with Crippen molar-refractivity contribution >= 4 is 34.5 Å². The van der Waals surface area contributed by atoms with Crippen molar-refractivity contribution in [1.82, 2.24) is 0 Å². The van der Waals surface area contributed by atoms with Crippen LogP contribution in [0.25, 0.3) is 28.4 Å². The van der Waals surface area contributed by atoms with Crippen LogP contribution in [0.2, 0.25) is 0 Å². The fourth-order valence-electron chi connectivity index (χ4n) is 4.18. The lowest BCUT2D eigenvalue weighted by Crippen LogP contribution is -2.09. The van der Waals surface area contributed by atoms with Crippen molar-refractivity contribution in [3.63, 3.8) is 0 Å². The average Bonchev–Trinajstić information content (AvgIpc) is 3.36. The van der Waals surface area contributed by atoms with Gasteiger partial charge in [0.15, 0.2) is 5.78 Å². The molecule has 0 N–H and O–H groups in total. The summed E-state index contributed by atoms with van der Waals surface area (Å²) in [6.45, 7) is 2.35. The van der Waals surface area contributed by atoms with Gasteiger partial charge in [0.25, 0.3) is 5.69 Å². The Hall–Kier alpha value is -5.50. The number of benzene rings is 4. The quantitative estimate of drug-likeness (QED) is 0.0481. The molecule has 0 unspecified atom stereocenters. The maximum Gasteiger partial charge on any atom is 0.348 e. The normalized spacial score (nSPS) is 11.0. The predicted molar refractivity (Wildman–Crippen MR) is 151 cm³/mol. The van der Waals surface area contributed by atoms with E-state index in [4.69, 9.17) is 13.9 Å². The molecule has 0 aliphatic rings. The van der Waals surface area contributed by atoms with Gasteiger partial charge in [-0.1, -0.05) is 48.5 Å². The molecule has 0 saturated heterocycles. The first kappa shape index (κ1) is 26.1. The number of hydrogen-bond donors (Lipinski definition) is 0. The molecule has 0 atom stereocenters. The molecule has 0 saturated carbocycles. The molecular weight excluding hydrogens is 510 g/mol. The van der Waals surface area contributed by atoms with Crippen molar-refractivity contribution in [2.45, 2.75) is 6.92 Å². The van der Waals surface area contributed by atoms with Gasteiger partial charge in [0.05, 0.1) is 11.5 Å². The molecule has 0 radical (unpaired) electrons. The second-order valence-corrected chi connectivity index (χ2v) is 8.73. The highest BCUT2D eigenvalue weighted by atomic mass is 16.6. The summed E-state index contributed by atoms with van der Waals surface area (Å²) < 4.78 is 17.4. The molecule has 0 fully saturated rings. The number of ketones is 1. The first-order valence-corrected chi connectivity index (χ1v) is 12.5. The highest BCUT2D eigenvalue weighted by Gasteiger charge is 2.24.